The Morgan fingerprint density at radius 1 is 1.10 bits per heavy atom. The van der Waals surface area contributed by atoms with Crippen LogP contribution in [0, 0.1) is 0 Å². The molecule has 0 aromatic rings. The minimum Gasteiger partial charge on any atom is -0.342 e. The first kappa shape index (κ1) is 18.2. The molecule has 1 aliphatic carbocycles. The van der Waals surface area contributed by atoms with E-state index in [1.54, 1.807) is 0 Å². The number of nitrogens with one attached hydrogen (secondary N) is 2. The number of rotatable bonds is 3. The van der Waals surface area contributed by atoms with Gasteiger partial charge in [0.15, 0.2) is 0 Å². The summed E-state index contributed by atoms with van der Waals surface area (Å²) in [6.07, 6.45) is 6.79. The Labute approximate surface area is 133 Å². The Balaban J connectivity index is 0.00000220. The van der Waals surface area contributed by atoms with Crippen LogP contribution >= 0.6 is 12.4 Å². The highest BCUT2D eigenvalue weighted by Gasteiger charge is 2.43. The minimum absolute atomic E-state index is 0. The van der Waals surface area contributed by atoms with Crippen LogP contribution in [0.25, 0.3) is 0 Å². The molecule has 2 fully saturated rings. The molecule has 2 rings (SSSR count). The number of hydrogen-bond donors (Lipinski definition) is 2. The molecule has 0 atom stereocenters. The lowest BCUT2D eigenvalue weighted by molar-refractivity contribution is -0.144. The van der Waals surface area contributed by atoms with E-state index in [4.69, 9.17) is 0 Å². The van der Waals surface area contributed by atoms with Crippen LogP contribution in [0.3, 0.4) is 0 Å². The van der Waals surface area contributed by atoms with Gasteiger partial charge in [-0.2, -0.15) is 0 Å². The van der Waals surface area contributed by atoms with Gasteiger partial charge in [-0.15, -0.1) is 12.4 Å². The van der Waals surface area contributed by atoms with Crippen LogP contribution in [0.5, 0.6) is 0 Å². The first-order chi connectivity index (χ1) is 9.57. The first-order valence-corrected chi connectivity index (χ1v) is 7.83. The quantitative estimate of drug-likeness (QED) is 0.828. The van der Waals surface area contributed by atoms with Crippen LogP contribution in [0.15, 0.2) is 0 Å². The average Bonchev–Trinajstić information content (AvgIpc) is 2.47. The number of halogens is 1. The standard InChI is InChI=1S/C15H27N3O2.ClH/c1-12(19)17-15(8-4-3-5-9-15)14(20)18-10-6-13(16-2)7-11-18;/h13,16H,3-11H2,1-2H3,(H,17,19);1H. The third kappa shape index (κ3) is 4.33. The molecule has 1 heterocycles. The molecule has 0 bridgehead atoms. The van der Waals surface area contributed by atoms with Crippen molar-refractivity contribution < 1.29 is 9.59 Å². The Morgan fingerprint density at radius 3 is 2.14 bits per heavy atom. The first-order valence-electron chi connectivity index (χ1n) is 7.83. The molecule has 2 N–H and O–H groups in total. The summed E-state index contributed by atoms with van der Waals surface area (Å²) < 4.78 is 0. The molecule has 0 aromatic carbocycles. The number of amides is 2. The average molecular weight is 318 g/mol. The smallest absolute Gasteiger partial charge is 0.248 e. The zero-order valence-electron chi connectivity index (χ0n) is 13.1. The van der Waals surface area contributed by atoms with Crippen molar-refractivity contribution in [3.05, 3.63) is 0 Å². The van der Waals surface area contributed by atoms with E-state index in [1.165, 1.54) is 6.92 Å². The highest BCUT2D eigenvalue weighted by molar-refractivity contribution is 5.91. The molecule has 2 aliphatic rings. The van der Waals surface area contributed by atoms with Gasteiger partial charge in [0.25, 0.3) is 0 Å². The number of likely N-dealkylation sites (tertiary alicyclic amines) is 1. The summed E-state index contributed by atoms with van der Waals surface area (Å²) in [6.45, 7) is 3.11. The zero-order chi connectivity index (χ0) is 14.6. The van der Waals surface area contributed by atoms with Crippen molar-refractivity contribution in [3.63, 3.8) is 0 Å². The summed E-state index contributed by atoms with van der Waals surface area (Å²) in [5, 5.41) is 6.25. The SMILES string of the molecule is CNC1CCN(C(=O)C2(NC(C)=O)CCCCC2)CC1.Cl. The predicted molar refractivity (Wildman–Crippen MR) is 85.5 cm³/mol. The summed E-state index contributed by atoms with van der Waals surface area (Å²) in [5.41, 5.74) is -0.628. The fraction of sp³-hybridized carbons (Fsp3) is 0.867. The maximum Gasteiger partial charge on any atom is 0.248 e. The third-order valence-corrected chi connectivity index (χ3v) is 4.72. The van der Waals surface area contributed by atoms with Crippen LogP contribution in [-0.2, 0) is 9.59 Å². The zero-order valence-corrected chi connectivity index (χ0v) is 13.9. The lowest BCUT2D eigenvalue weighted by atomic mass is 9.80. The molecule has 0 unspecified atom stereocenters. The van der Waals surface area contributed by atoms with Crippen LogP contribution in [-0.4, -0.2) is 48.4 Å². The van der Waals surface area contributed by atoms with Gasteiger partial charge in [-0.3, -0.25) is 9.59 Å². The summed E-state index contributed by atoms with van der Waals surface area (Å²) in [6, 6.07) is 0.516. The van der Waals surface area contributed by atoms with E-state index in [2.05, 4.69) is 10.6 Å². The predicted octanol–water partition coefficient (Wildman–Crippen LogP) is 1.46. The van der Waals surface area contributed by atoms with Gasteiger partial charge >= 0.3 is 0 Å². The molecule has 6 heteroatoms. The molecular formula is C15H28ClN3O2. The number of nitrogens with zero attached hydrogens (tertiary/aromatic N) is 1. The summed E-state index contributed by atoms with van der Waals surface area (Å²) >= 11 is 0. The van der Waals surface area contributed by atoms with Crippen LogP contribution < -0.4 is 10.6 Å². The van der Waals surface area contributed by atoms with E-state index in [0.717, 1.165) is 58.0 Å². The van der Waals surface area contributed by atoms with Gasteiger partial charge in [-0.25, -0.2) is 0 Å². The van der Waals surface area contributed by atoms with Gasteiger partial charge < -0.3 is 15.5 Å². The van der Waals surface area contributed by atoms with E-state index in [1.807, 2.05) is 11.9 Å². The lowest BCUT2D eigenvalue weighted by Gasteiger charge is -2.42. The summed E-state index contributed by atoms with van der Waals surface area (Å²) in [7, 11) is 1.97. The molecule has 1 saturated carbocycles. The number of hydrogen-bond acceptors (Lipinski definition) is 3. The fourth-order valence-corrected chi connectivity index (χ4v) is 3.56. The van der Waals surface area contributed by atoms with Gasteiger partial charge in [-0.05, 0) is 32.7 Å². The second kappa shape index (κ2) is 7.99. The van der Waals surface area contributed by atoms with Crippen LogP contribution in [0.4, 0.5) is 0 Å². The molecular weight excluding hydrogens is 290 g/mol. The van der Waals surface area contributed by atoms with E-state index >= 15 is 0 Å². The van der Waals surface area contributed by atoms with Gasteiger partial charge in [0.2, 0.25) is 11.8 Å². The molecule has 1 saturated heterocycles. The minimum atomic E-state index is -0.628. The van der Waals surface area contributed by atoms with Gasteiger partial charge in [0.1, 0.15) is 5.54 Å². The van der Waals surface area contributed by atoms with Crippen molar-refractivity contribution in [1.29, 1.82) is 0 Å². The largest absolute Gasteiger partial charge is 0.342 e. The molecule has 5 nitrogen and oxygen atoms in total. The van der Waals surface area contributed by atoms with Crippen molar-refractivity contribution in [2.75, 3.05) is 20.1 Å². The summed E-state index contributed by atoms with van der Waals surface area (Å²) in [4.78, 5) is 26.4. The van der Waals surface area contributed by atoms with Gasteiger partial charge in [-0.1, -0.05) is 19.3 Å². The monoisotopic (exact) mass is 317 g/mol. The van der Waals surface area contributed by atoms with E-state index < -0.39 is 5.54 Å². The van der Waals surface area contributed by atoms with Crippen LogP contribution in [0.1, 0.15) is 51.9 Å². The highest BCUT2D eigenvalue weighted by atomic mass is 35.5. The van der Waals surface area contributed by atoms with Gasteiger partial charge in [0, 0.05) is 26.1 Å². The lowest BCUT2D eigenvalue weighted by Crippen LogP contribution is -2.61. The Hall–Kier alpha value is -0.810. The highest BCUT2D eigenvalue weighted by Crippen LogP contribution is 2.31. The van der Waals surface area contributed by atoms with E-state index in [-0.39, 0.29) is 24.2 Å². The van der Waals surface area contributed by atoms with Crippen molar-refractivity contribution in [1.82, 2.24) is 15.5 Å². The van der Waals surface area contributed by atoms with Gasteiger partial charge in [0.05, 0.1) is 0 Å². The molecule has 0 spiro atoms. The number of piperidine rings is 1. The molecule has 1 aliphatic heterocycles. The van der Waals surface area contributed by atoms with Crippen molar-refractivity contribution in [3.8, 4) is 0 Å². The van der Waals surface area contributed by atoms with E-state index in [0.29, 0.717) is 6.04 Å². The second-order valence-corrected chi connectivity index (χ2v) is 6.18. The fourth-order valence-electron chi connectivity index (χ4n) is 3.56. The maximum absolute atomic E-state index is 12.9. The van der Waals surface area contributed by atoms with Crippen LogP contribution in [0.2, 0.25) is 0 Å². The summed E-state index contributed by atoms with van der Waals surface area (Å²) in [5.74, 6) is 0.0484. The molecule has 0 aromatic heterocycles. The number of carbonyl (C=O) groups is 2. The Bertz CT molecular complexity index is 362. The second-order valence-electron chi connectivity index (χ2n) is 6.18. The molecule has 2 amide bonds. The maximum atomic E-state index is 12.9. The van der Waals surface area contributed by atoms with Crippen molar-refractivity contribution >= 4 is 24.2 Å². The number of carbonyl (C=O) groups excluding carboxylic acids is 2. The third-order valence-electron chi connectivity index (χ3n) is 4.72. The molecule has 21 heavy (non-hydrogen) atoms. The Kier molecular flexibility index (Phi) is 6.94. The topological polar surface area (TPSA) is 61.4 Å². The van der Waals surface area contributed by atoms with Crippen molar-refractivity contribution in [2.24, 2.45) is 0 Å². The molecule has 0 radical (unpaired) electrons. The van der Waals surface area contributed by atoms with Crippen molar-refractivity contribution in [2.45, 2.75) is 63.5 Å². The molecule has 122 valence electrons. The normalized spacial score (nSPS) is 22.3. The van der Waals surface area contributed by atoms with E-state index in [9.17, 15) is 9.59 Å². The Morgan fingerprint density at radius 2 is 1.67 bits per heavy atom.